The molecule has 1 aromatic rings. The standard InChI is InChI=1S/C10H13NO/c11-9-3-1-8-6-10(12)4-2-7(8)5-9/h2,4,6,9,12H,1,3,5,11H2. The summed E-state index contributed by atoms with van der Waals surface area (Å²) in [5.74, 6) is 0.365. The third-order valence-electron chi connectivity index (χ3n) is 2.46. The van der Waals surface area contributed by atoms with Gasteiger partial charge < -0.3 is 10.8 Å². The highest BCUT2D eigenvalue weighted by atomic mass is 16.3. The van der Waals surface area contributed by atoms with E-state index in [-0.39, 0.29) is 0 Å². The molecule has 0 bridgehead atoms. The summed E-state index contributed by atoms with van der Waals surface area (Å²) in [6.45, 7) is 0. The minimum atomic E-state index is 0.307. The quantitative estimate of drug-likeness (QED) is 0.604. The van der Waals surface area contributed by atoms with Crippen LogP contribution in [0.5, 0.6) is 5.75 Å². The normalized spacial score (nSPS) is 21.9. The van der Waals surface area contributed by atoms with Crippen LogP contribution < -0.4 is 5.73 Å². The van der Waals surface area contributed by atoms with Crippen molar-refractivity contribution in [3.8, 4) is 5.75 Å². The van der Waals surface area contributed by atoms with E-state index in [2.05, 4.69) is 0 Å². The Morgan fingerprint density at radius 3 is 3.00 bits per heavy atom. The number of hydrogen-bond donors (Lipinski definition) is 2. The van der Waals surface area contributed by atoms with Gasteiger partial charge in [0.1, 0.15) is 5.75 Å². The molecule has 1 unspecified atom stereocenters. The second-order valence-electron chi connectivity index (χ2n) is 3.46. The molecule has 1 aromatic carbocycles. The summed E-state index contributed by atoms with van der Waals surface area (Å²) in [6, 6.07) is 5.86. The van der Waals surface area contributed by atoms with Gasteiger partial charge in [0.2, 0.25) is 0 Å². The number of rotatable bonds is 0. The Balaban J connectivity index is 2.37. The van der Waals surface area contributed by atoms with Gasteiger partial charge in [0, 0.05) is 6.04 Å². The molecule has 2 heteroatoms. The van der Waals surface area contributed by atoms with E-state index in [9.17, 15) is 5.11 Å². The molecule has 0 amide bonds. The van der Waals surface area contributed by atoms with E-state index in [1.807, 2.05) is 12.1 Å². The molecule has 0 radical (unpaired) electrons. The van der Waals surface area contributed by atoms with Crippen molar-refractivity contribution < 1.29 is 5.11 Å². The maximum absolute atomic E-state index is 9.22. The summed E-state index contributed by atoms with van der Waals surface area (Å²) in [4.78, 5) is 0. The Hall–Kier alpha value is -1.02. The van der Waals surface area contributed by atoms with Crippen LogP contribution in [0.3, 0.4) is 0 Å². The fourth-order valence-electron chi connectivity index (χ4n) is 1.77. The molecule has 2 rings (SSSR count). The average Bonchev–Trinajstić information content (AvgIpc) is 2.05. The molecule has 0 aromatic heterocycles. The Morgan fingerprint density at radius 2 is 2.17 bits per heavy atom. The highest BCUT2D eigenvalue weighted by Crippen LogP contribution is 2.23. The van der Waals surface area contributed by atoms with E-state index < -0.39 is 0 Å². The number of phenols is 1. The molecule has 12 heavy (non-hydrogen) atoms. The molecule has 0 saturated heterocycles. The van der Waals surface area contributed by atoms with Gasteiger partial charge in [0.05, 0.1) is 0 Å². The summed E-state index contributed by atoms with van der Waals surface area (Å²) < 4.78 is 0. The zero-order valence-electron chi connectivity index (χ0n) is 6.96. The summed E-state index contributed by atoms with van der Waals surface area (Å²) in [7, 11) is 0. The number of phenolic OH excluding ortho intramolecular Hbond substituents is 1. The SMILES string of the molecule is NC1CCc2cc(O)ccc2C1. The minimum absolute atomic E-state index is 0.307. The molecular weight excluding hydrogens is 150 g/mol. The summed E-state index contributed by atoms with van der Waals surface area (Å²) in [6.07, 6.45) is 3.00. The van der Waals surface area contributed by atoms with Gasteiger partial charge in [-0.2, -0.15) is 0 Å². The first-order chi connectivity index (χ1) is 5.75. The molecule has 0 heterocycles. The molecule has 0 spiro atoms. The first-order valence-corrected chi connectivity index (χ1v) is 4.32. The van der Waals surface area contributed by atoms with Crippen molar-refractivity contribution in [3.05, 3.63) is 29.3 Å². The second kappa shape index (κ2) is 2.79. The van der Waals surface area contributed by atoms with Crippen LogP contribution in [0.2, 0.25) is 0 Å². The van der Waals surface area contributed by atoms with Crippen LogP contribution in [0.15, 0.2) is 18.2 Å². The van der Waals surface area contributed by atoms with E-state index in [0.29, 0.717) is 11.8 Å². The number of aromatic hydroxyl groups is 1. The number of fused-ring (bicyclic) bond motifs is 1. The van der Waals surface area contributed by atoms with Gasteiger partial charge in [-0.25, -0.2) is 0 Å². The van der Waals surface area contributed by atoms with Crippen molar-refractivity contribution in [1.29, 1.82) is 0 Å². The van der Waals surface area contributed by atoms with Crippen LogP contribution in [-0.2, 0) is 12.8 Å². The lowest BCUT2D eigenvalue weighted by molar-refractivity contribution is 0.472. The zero-order valence-corrected chi connectivity index (χ0v) is 6.96. The minimum Gasteiger partial charge on any atom is -0.508 e. The van der Waals surface area contributed by atoms with E-state index in [0.717, 1.165) is 19.3 Å². The predicted octanol–water partition coefficient (Wildman–Crippen LogP) is 1.21. The Kier molecular flexibility index (Phi) is 1.77. The molecule has 64 valence electrons. The molecule has 1 aliphatic carbocycles. The van der Waals surface area contributed by atoms with Crippen LogP contribution in [0.25, 0.3) is 0 Å². The van der Waals surface area contributed by atoms with Crippen LogP contribution in [0, 0.1) is 0 Å². The third kappa shape index (κ3) is 1.30. The number of nitrogens with two attached hydrogens (primary N) is 1. The maximum Gasteiger partial charge on any atom is 0.115 e. The van der Waals surface area contributed by atoms with Crippen molar-refractivity contribution in [2.75, 3.05) is 0 Å². The molecule has 0 saturated carbocycles. The van der Waals surface area contributed by atoms with Gasteiger partial charge >= 0.3 is 0 Å². The Labute approximate surface area is 72.0 Å². The van der Waals surface area contributed by atoms with Crippen molar-refractivity contribution in [2.24, 2.45) is 5.73 Å². The van der Waals surface area contributed by atoms with Crippen molar-refractivity contribution in [3.63, 3.8) is 0 Å². The number of aryl methyl sites for hydroxylation is 1. The molecule has 2 nitrogen and oxygen atoms in total. The lowest BCUT2D eigenvalue weighted by atomic mass is 9.89. The molecular formula is C10H13NO. The van der Waals surface area contributed by atoms with Crippen LogP contribution in [0.4, 0.5) is 0 Å². The van der Waals surface area contributed by atoms with Crippen LogP contribution >= 0.6 is 0 Å². The second-order valence-corrected chi connectivity index (χ2v) is 3.46. The van der Waals surface area contributed by atoms with Gasteiger partial charge in [-0.3, -0.25) is 0 Å². The van der Waals surface area contributed by atoms with Gasteiger partial charge in [0.15, 0.2) is 0 Å². The maximum atomic E-state index is 9.22. The summed E-state index contributed by atoms with van der Waals surface area (Å²) in [5.41, 5.74) is 8.38. The fourth-order valence-corrected chi connectivity index (χ4v) is 1.77. The Morgan fingerprint density at radius 1 is 1.33 bits per heavy atom. The zero-order chi connectivity index (χ0) is 8.55. The summed E-state index contributed by atoms with van der Waals surface area (Å²) in [5, 5.41) is 9.22. The van der Waals surface area contributed by atoms with Crippen molar-refractivity contribution in [1.82, 2.24) is 0 Å². The van der Waals surface area contributed by atoms with Gasteiger partial charge in [-0.1, -0.05) is 6.07 Å². The lowest BCUT2D eigenvalue weighted by Gasteiger charge is -2.21. The smallest absolute Gasteiger partial charge is 0.115 e. The van der Waals surface area contributed by atoms with Gasteiger partial charge in [-0.15, -0.1) is 0 Å². The largest absolute Gasteiger partial charge is 0.508 e. The number of hydrogen-bond acceptors (Lipinski definition) is 2. The Bertz CT molecular complexity index is 296. The molecule has 3 N–H and O–H groups in total. The summed E-state index contributed by atoms with van der Waals surface area (Å²) >= 11 is 0. The van der Waals surface area contributed by atoms with E-state index in [1.165, 1.54) is 11.1 Å². The highest BCUT2D eigenvalue weighted by molar-refractivity contribution is 5.36. The highest BCUT2D eigenvalue weighted by Gasteiger charge is 2.14. The van der Waals surface area contributed by atoms with Crippen LogP contribution in [0.1, 0.15) is 17.5 Å². The molecule has 0 fully saturated rings. The van der Waals surface area contributed by atoms with Gasteiger partial charge in [0.25, 0.3) is 0 Å². The molecule has 1 atom stereocenters. The van der Waals surface area contributed by atoms with Crippen LogP contribution in [-0.4, -0.2) is 11.1 Å². The fraction of sp³-hybridized carbons (Fsp3) is 0.400. The monoisotopic (exact) mass is 163 g/mol. The number of benzene rings is 1. The third-order valence-corrected chi connectivity index (χ3v) is 2.46. The predicted molar refractivity (Wildman–Crippen MR) is 48.1 cm³/mol. The molecule has 0 aliphatic heterocycles. The molecule has 1 aliphatic rings. The van der Waals surface area contributed by atoms with E-state index >= 15 is 0 Å². The van der Waals surface area contributed by atoms with Gasteiger partial charge in [-0.05, 0) is 42.5 Å². The average molecular weight is 163 g/mol. The van der Waals surface area contributed by atoms with Crippen molar-refractivity contribution in [2.45, 2.75) is 25.3 Å². The van der Waals surface area contributed by atoms with Crippen molar-refractivity contribution >= 4 is 0 Å². The first kappa shape index (κ1) is 7.62. The lowest BCUT2D eigenvalue weighted by Crippen LogP contribution is -2.27. The van der Waals surface area contributed by atoms with E-state index in [1.54, 1.807) is 6.07 Å². The van der Waals surface area contributed by atoms with E-state index in [4.69, 9.17) is 5.73 Å². The topological polar surface area (TPSA) is 46.2 Å². The first-order valence-electron chi connectivity index (χ1n) is 4.32.